The van der Waals surface area contributed by atoms with E-state index in [9.17, 15) is 9.59 Å². The molecule has 2 aromatic heterocycles. The van der Waals surface area contributed by atoms with E-state index in [1.54, 1.807) is 30.8 Å². The summed E-state index contributed by atoms with van der Waals surface area (Å²) >= 11 is 1.53. The molecule has 24 heavy (non-hydrogen) atoms. The van der Waals surface area contributed by atoms with Gasteiger partial charge >= 0.3 is 11.9 Å². The van der Waals surface area contributed by atoms with Crippen LogP contribution >= 0.6 is 11.3 Å². The zero-order valence-electron chi connectivity index (χ0n) is 12.9. The summed E-state index contributed by atoms with van der Waals surface area (Å²) in [5.74, 6) is -2.43. The quantitative estimate of drug-likeness (QED) is 0.738. The van der Waals surface area contributed by atoms with E-state index in [2.05, 4.69) is 9.97 Å². The summed E-state index contributed by atoms with van der Waals surface area (Å²) < 4.78 is 1.05. The standard InChI is InChI=1S/C17H15N3O3S/c1-11(13-4-2-3-7-18-13)20(16(21)17(22)23)9-12-5-6-15-14(8-12)19-10-24-15/h2-8,10-11H,9H2,1H3,(H,22,23)/t11-/m0/s1. The SMILES string of the molecule is C[C@@H](c1ccccn1)N(Cc1ccc2scnc2c1)C(=O)C(=O)O. The lowest BCUT2D eigenvalue weighted by Crippen LogP contribution is -2.38. The van der Waals surface area contributed by atoms with Crippen LogP contribution in [0, 0.1) is 0 Å². The van der Waals surface area contributed by atoms with Gasteiger partial charge in [-0.25, -0.2) is 9.78 Å². The van der Waals surface area contributed by atoms with Crippen molar-refractivity contribution in [3.8, 4) is 0 Å². The van der Waals surface area contributed by atoms with Crippen LogP contribution in [0.4, 0.5) is 0 Å². The maximum atomic E-state index is 12.2. The summed E-state index contributed by atoms with van der Waals surface area (Å²) in [4.78, 5) is 33.2. The second-order valence-corrected chi connectivity index (χ2v) is 6.21. The second kappa shape index (κ2) is 6.76. The van der Waals surface area contributed by atoms with Crippen molar-refractivity contribution in [1.82, 2.24) is 14.9 Å². The van der Waals surface area contributed by atoms with Crippen molar-refractivity contribution in [1.29, 1.82) is 0 Å². The lowest BCUT2D eigenvalue weighted by molar-refractivity contribution is -0.157. The molecule has 6 nitrogen and oxygen atoms in total. The predicted molar refractivity (Wildman–Crippen MR) is 90.5 cm³/mol. The predicted octanol–water partition coefficient (Wildman–Crippen LogP) is 2.87. The van der Waals surface area contributed by atoms with Crippen LogP contribution in [0.5, 0.6) is 0 Å². The number of hydrogen-bond acceptors (Lipinski definition) is 5. The lowest BCUT2D eigenvalue weighted by atomic mass is 10.1. The minimum atomic E-state index is -1.48. The molecule has 0 aliphatic carbocycles. The van der Waals surface area contributed by atoms with E-state index in [1.807, 2.05) is 24.3 Å². The molecule has 0 saturated carbocycles. The van der Waals surface area contributed by atoms with Gasteiger partial charge in [0, 0.05) is 12.7 Å². The molecule has 0 fully saturated rings. The number of pyridine rings is 1. The Balaban J connectivity index is 1.92. The van der Waals surface area contributed by atoms with Crippen molar-refractivity contribution in [3.05, 3.63) is 59.4 Å². The van der Waals surface area contributed by atoms with Crippen LogP contribution < -0.4 is 0 Å². The van der Waals surface area contributed by atoms with Crippen molar-refractivity contribution >= 4 is 33.4 Å². The van der Waals surface area contributed by atoms with Crippen LogP contribution in [0.1, 0.15) is 24.2 Å². The second-order valence-electron chi connectivity index (χ2n) is 5.32. The first-order valence-electron chi connectivity index (χ1n) is 7.33. The van der Waals surface area contributed by atoms with Gasteiger partial charge < -0.3 is 10.0 Å². The van der Waals surface area contributed by atoms with Gasteiger partial charge in [-0.3, -0.25) is 9.78 Å². The third-order valence-electron chi connectivity index (χ3n) is 3.77. The topological polar surface area (TPSA) is 83.4 Å². The minimum absolute atomic E-state index is 0.177. The number of carbonyl (C=O) groups excluding carboxylic acids is 1. The summed E-state index contributed by atoms with van der Waals surface area (Å²) in [5.41, 5.74) is 4.06. The maximum Gasteiger partial charge on any atom is 0.394 e. The molecule has 0 aliphatic rings. The van der Waals surface area contributed by atoms with Crippen molar-refractivity contribution < 1.29 is 14.7 Å². The van der Waals surface area contributed by atoms with Gasteiger partial charge in [0.15, 0.2) is 0 Å². The van der Waals surface area contributed by atoms with Crippen LogP contribution in [0.25, 0.3) is 10.2 Å². The molecular formula is C17H15N3O3S. The third kappa shape index (κ3) is 3.26. The highest BCUT2D eigenvalue weighted by Gasteiger charge is 2.27. The number of thiazole rings is 1. The molecule has 0 radical (unpaired) electrons. The highest BCUT2D eigenvalue weighted by atomic mass is 32.1. The van der Waals surface area contributed by atoms with Crippen molar-refractivity contribution in [2.24, 2.45) is 0 Å². The fourth-order valence-corrected chi connectivity index (χ4v) is 3.15. The van der Waals surface area contributed by atoms with Gasteiger partial charge in [0.25, 0.3) is 0 Å². The molecule has 1 N–H and O–H groups in total. The van der Waals surface area contributed by atoms with Gasteiger partial charge in [-0.05, 0) is 36.8 Å². The molecule has 0 saturated heterocycles. The van der Waals surface area contributed by atoms with Gasteiger partial charge in [-0.1, -0.05) is 12.1 Å². The van der Waals surface area contributed by atoms with Gasteiger partial charge in [0.2, 0.25) is 0 Å². The molecular weight excluding hydrogens is 326 g/mol. The number of rotatable bonds is 4. The first-order valence-corrected chi connectivity index (χ1v) is 8.21. The van der Waals surface area contributed by atoms with Crippen molar-refractivity contribution in [3.63, 3.8) is 0 Å². The number of nitrogens with zero attached hydrogens (tertiary/aromatic N) is 3. The minimum Gasteiger partial charge on any atom is -0.474 e. The molecule has 1 amide bonds. The fourth-order valence-electron chi connectivity index (χ4n) is 2.49. The van der Waals surface area contributed by atoms with E-state index in [0.717, 1.165) is 15.8 Å². The number of hydrogen-bond donors (Lipinski definition) is 1. The molecule has 3 aromatic rings. The summed E-state index contributed by atoms with van der Waals surface area (Å²) in [6.45, 7) is 1.95. The molecule has 0 bridgehead atoms. The third-order valence-corrected chi connectivity index (χ3v) is 4.58. The number of amides is 1. The first kappa shape index (κ1) is 16.1. The fraction of sp³-hybridized carbons (Fsp3) is 0.176. The maximum absolute atomic E-state index is 12.2. The van der Waals surface area contributed by atoms with Crippen LogP contribution in [-0.4, -0.2) is 31.9 Å². The summed E-state index contributed by atoms with van der Waals surface area (Å²) in [6, 6.07) is 10.6. The number of aliphatic carboxylic acids is 1. The van der Waals surface area contributed by atoms with Crippen LogP contribution in [0.3, 0.4) is 0 Å². The van der Waals surface area contributed by atoms with Gasteiger partial charge in [0.05, 0.1) is 27.5 Å². The van der Waals surface area contributed by atoms with Crippen molar-refractivity contribution in [2.45, 2.75) is 19.5 Å². The van der Waals surface area contributed by atoms with Gasteiger partial charge in [0.1, 0.15) is 0 Å². The lowest BCUT2D eigenvalue weighted by Gasteiger charge is -2.27. The zero-order valence-corrected chi connectivity index (χ0v) is 13.7. The zero-order chi connectivity index (χ0) is 17.1. The van der Waals surface area contributed by atoms with E-state index in [-0.39, 0.29) is 6.54 Å². The molecule has 7 heteroatoms. The monoisotopic (exact) mass is 341 g/mol. The van der Waals surface area contributed by atoms with Crippen LogP contribution in [-0.2, 0) is 16.1 Å². The van der Waals surface area contributed by atoms with E-state index >= 15 is 0 Å². The number of benzene rings is 1. The van der Waals surface area contributed by atoms with E-state index in [1.165, 1.54) is 16.2 Å². The molecule has 0 aliphatic heterocycles. The molecule has 1 aromatic carbocycles. The Morgan fingerprint density at radius 1 is 1.25 bits per heavy atom. The summed E-state index contributed by atoms with van der Waals surface area (Å²) in [7, 11) is 0. The average molecular weight is 341 g/mol. The number of carboxylic acids is 1. The van der Waals surface area contributed by atoms with Gasteiger partial charge in [-0.15, -0.1) is 11.3 Å². The highest BCUT2D eigenvalue weighted by molar-refractivity contribution is 7.16. The van der Waals surface area contributed by atoms with Crippen LogP contribution in [0.15, 0.2) is 48.1 Å². The van der Waals surface area contributed by atoms with Crippen LogP contribution in [0.2, 0.25) is 0 Å². The first-order chi connectivity index (χ1) is 11.6. The molecule has 122 valence electrons. The van der Waals surface area contributed by atoms with Gasteiger partial charge in [-0.2, -0.15) is 0 Å². The molecule has 1 atom stereocenters. The van der Waals surface area contributed by atoms with Crippen molar-refractivity contribution in [2.75, 3.05) is 0 Å². The average Bonchev–Trinajstić information content (AvgIpc) is 3.07. The Morgan fingerprint density at radius 2 is 2.08 bits per heavy atom. The number of carboxylic acid groups (broad SMARTS) is 1. The Kier molecular flexibility index (Phi) is 4.52. The largest absolute Gasteiger partial charge is 0.474 e. The van der Waals surface area contributed by atoms with E-state index in [4.69, 9.17) is 5.11 Å². The normalized spacial score (nSPS) is 12.0. The smallest absolute Gasteiger partial charge is 0.394 e. The Bertz CT molecular complexity index is 879. The number of aromatic nitrogens is 2. The number of fused-ring (bicyclic) bond motifs is 1. The highest BCUT2D eigenvalue weighted by Crippen LogP contribution is 2.24. The molecule has 0 spiro atoms. The Hall–Kier alpha value is -2.80. The molecule has 2 heterocycles. The summed E-state index contributed by atoms with van der Waals surface area (Å²) in [6.07, 6.45) is 1.62. The van der Waals surface area contributed by atoms with E-state index in [0.29, 0.717) is 5.69 Å². The Labute approximate surface area is 142 Å². The Morgan fingerprint density at radius 3 is 2.79 bits per heavy atom. The summed E-state index contributed by atoms with van der Waals surface area (Å²) in [5, 5.41) is 9.14. The molecule has 0 unspecified atom stereocenters. The molecule has 3 rings (SSSR count). The number of carbonyl (C=O) groups is 2. The van der Waals surface area contributed by atoms with E-state index < -0.39 is 17.9 Å².